The molecule has 0 atom stereocenters. The van der Waals surface area contributed by atoms with Crippen LogP contribution in [-0.4, -0.2) is 16.8 Å². The van der Waals surface area contributed by atoms with Gasteiger partial charge < -0.3 is 5.32 Å². The predicted molar refractivity (Wildman–Crippen MR) is 75.3 cm³/mol. The molecule has 96 valence electrons. The lowest BCUT2D eigenvalue weighted by atomic mass is 10.2. The standard InChI is InChI=1S/C13H15Cl2N3/c1-9-11(6-16-2)7-17-18(9)8-10-4-3-5-12(14)13(10)15/h3-5,7,16H,6,8H2,1-2H3. The van der Waals surface area contributed by atoms with Gasteiger partial charge in [-0.25, -0.2) is 0 Å². The summed E-state index contributed by atoms with van der Waals surface area (Å²) in [7, 11) is 1.92. The van der Waals surface area contributed by atoms with Gasteiger partial charge in [0.15, 0.2) is 0 Å². The average Bonchev–Trinajstić information content (AvgIpc) is 2.68. The van der Waals surface area contributed by atoms with Gasteiger partial charge in [-0.2, -0.15) is 5.10 Å². The first-order chi connectivity index (χ1) is 8.63. The minimum Gasteiger partial charge on any atom is -0.316 e. The third kappa shape index (κ3) is 2.69. The summed E-state index contributed by atoms with van der Waals surface area (Å²) in [6.07, 6.45) is 1.88. The largest absolute Gasteiger partial charge is 0.316 e. The Balaban J connectivity index is 2.26. The number of rotatable bonds is 4. The van der Waals surface area contributed by atoms with Crippen LogP contribution in [0.15, 0.2) is 24.4 Å². The van der Waals surface area contributed by atoms with Gasteiger partial charge in [-0.1, -0.05) is 35.3 Å². The highest BCUT2D eigenvalue weighted by atomic mass is 35.5. The van der Waals surface area contributed by atoms with E-state index in [1.54, 1.807) is 6.07 Å². The average molecular weight is 284 g/mol. The number of hydrogen-bond donors (Lipinski definition) is 1. The lowest BCUT2D eigenvalue weighted by Gasteiger charge is -2.08. The van der Waals surface area contributed by atoms with Crippen molar-refractivity contribution in [1.82, 2.24) is 15.1 Å². The molecule has 1 aromatic heterocycles. The van der Waals surface area contributed by atoms with E-state index in [1.165, 1.54) is 5.56 Å². The second-order valence-corrected chi connectivity index (χ2v) is 4.94. The van der Waals surface area contributed by atoms with Crippen LogP contribution < -0.4 is 5.32 Å². The van der Waals surface area contributed by atoms with Crippen molar-refractivity contribution >= 4 is 23.2 Å². The van der Waals surface area contributed by atoms with Gasteiger partial charge in [0.2, 0.25) is 0 Å². The van der Waals surface area contributed by atoms with Crippen molar-refractivity contribution < 1.29 is 0 Å². The first-order valence-electron chi connectivity index (χ1n) is 5.72. The van der Waals surface area contributed by atoms with Crippen LogP contribution in [0, 0.1) is 6.92 Å². The van der Waals surface area contributed by atoms with Crippen LogP contribution in [0.2, 0.25) is 10.0 Å². The highest BCUT2D eigenvalue weighted by molar-refractivity contribution is 6.42. The quantitative estimate of drug-likeness (QED) is 0.933. The van der Waals surface area contributed by atoms with Gasteiger partial charge in [0, 0.05) is 17.8 Å². The molecule has 0 radical (unpaired) electrons. The Hall–Kier alpha value is -1.03. The van der Waals surface area contributed by atoms with Gasteiger partial charge in [0.05, 0.1) is 22.8 Å². The summed E-state index contributed by atoms with van der Waals surface area (Å²) in [5.74, 6) is 0. The van der Waals surface area contributed by atoms with Crippen LogP contribution >= 0.6 is 23.2 Å². The third-order valence-corrected chi connectivity index (χ3v) is 3.78. The van der Waals surface area contributed by atoms with E-state index in [4.69, 9.17) is 23.2 Å². The van der Waals surface area contributed by atoms with Crippen molar-refractivity contribution in [3.8, 4) is 0 Å². The van der Waals surface area contributed by atoms with Gasteiger partial charge in [0.1, 0.15) is 0 Å². The van der Waals surface area contributed by atoms with Crippen LogP contribution in [0.4, 0.5) is 0 Å². The molecular formula is C13H15Cl2N3. The lowest BCUT2D eigenvalue weighted by molar-refractivity contribution is 0.662. The Morgan fingerprint density at radius 2 is 2.06 bits per heavy atom. The molecule has 0 amide bonds. The predicted octanol–water partition coefficient (Wildman–Crippen LogP) is 3.27. The number of nitrogens with one attached hydrogen (secondary N) is 1. The van der Waals surface area contributed by atoms with Crippen molar-refractivity contribution in [3.63, 3.8) is 0 Å². The minimum atomic E-state index is 0.578. The molecule has 0 saturated heterocycles. The third-order valence-electron chi connectivity index (χ3n) is 2.92. The summed E-state index contributed by atoms with van der Waals surface area (Å²) in [5.41, 5.74) is 3.31. The fraction of sp³-hybridized carbons (Fsp3) is 0.308. The SMILES string of the molecule is CNCc1cnn(Cc2cccc(Cl)c2Cl)c1C. The van der Waals surface area contributed by atoms with E-state index in [2.05, 4.69) is 17.3 Å². The van der Waals surface area contributed by atoms with Crippen LogP contribution in [0.25, 0.3) is 0 Å². The molecule has 0 unspecified atom stereocenters. The number of benzene rings is 1. The molecule has 2 aromatic rings. The number of aromatic nitrogens is 2. The van der Waals surface area contributed by atoms with E-state index in [1.807, 2.05) is 30.1 Å². The number of nitrogens with zero attached hydrogens (tertiary/aromatic N) is 2. The fourth-order valence-corrected chi connectivity index (χ4v) is 2.22. The molecule has 3 nitrogen and oxygen atoms in total. The maximum atomic E-state index is 6.18. The molecule has 0 bridgehead atoms. The molecule has 1 N–H and O–H groups in total. The van der Waals surface area contributed by atoms with Crippen molar-refractivity contribution in [2.75, 3.05) is 7.05 Å². The lowest BCUT2D eigenvalue weighted by Crippen LogP contribution is -2.08. The normalized spacial score (nSPS) is 10.9. The highest BCUT2D eigenvalue weighted by Gasteiger charge is 2.09. The zero-order chi connectivity index (χ0) is 13.1. The summed E-state index contributed by atoms with van der Waals surface area (Å²) in [4.78, 5) is 0. The zero-order valence-electron chi connectivity index (χ0n) is 10.4. The molecule has 1 heterocycles. The van der Waals surface area contributed by atoms with Crippen LogP contribution in [0.1, 0.15) is 16.8 Å². The second-order valence-electron chi connectivity index (χ2n) is 4.16. The molecule has 0 fully saturated rings. The Labute approximate surface area is 117 Å². The number of halogens is 2. The Morgan fingerprint density at radius 1 is 1.28 bits per heavy atom. The maximum absolute atomic E-state index is 6.18. The Bertz CT molecular complexity index is 549. The first kappa shape index (κ1) is 13.4. The van der Waals surface area contributed by atoms with Crippen molar-refractivity contribution in [1.29, 1.82) is 0 Å². The summed E-state index contributed by atoms with van der Waals surface area (Å²) < 4.78 is 1.93. The van der Waals surface area contributed by atoms with Crippen molar-refractivity contribution in [2.45, 2.75) is 20.0 Å². The van der Waals surface area contributed by atoms with E-state index in [0.717, 1.165) is 17.8 Å². The van der Waals surface area contributed by atoms with Gasteiger partial charge >= 0.3 is 0 Å². The molecule has 0 aliphatic rings. The summed E-state index contributed by atoms with van der Waals surface area (Å²) in [6, 6.07) is 5.65. The van der Waals surface area contributed by atoms with Crippen molar-refractivity contribution in [3.05, 3.63) is 51.3 Å². The van der Waals surface area contributed by atoms with Crippen LogP contribution in [0.3, 0.4) is 0 Å². The Kier molecular flexibility index (Phi) is 4.27. The molecule has 0 spiro atoms. The van der Waals surface area contributed by atoms with Gasteiger partial charge in [0.25, 0.3) is 0 Å². The molecule has 0 aliphatic carbocycles. The van der Waals surface area contributed by atoms with E-state index in [0.29, 0.717) is 16.6 Å². The summed E-state index contributed by atoms with van der Waals surface area (Å²) in [6.45, 7) is 3.50. The van der Waals surface area contributed by atoms with Gasteiger partial charge in [-0.15, -0.1) is 0 Å². The van der Waals surface area contributed by atoms with Crippen LogP contribution in [-0.2, 0) is 13.1 Å². The zero-order valence-corrected chi connectivity index (χ0v) is 11.9. The van der Waals surface area contributed by atoms with E-state index in [-0.39, 0.29) is 0 Å². The molecule has 5 heteroatoms. The molecule has 0 saturated carbocycles. The molecule has 18 heavy (non-hydrogen) atoms. The molecule has 2 rings (SSSR count). The monoisotopic (exact) mass is 283 g/mol. The smallest absolute Gasteiger partial charge is 0.0677 e. The molecular weight excluding hydrogens is 269 g/mol. The highest BCUT2D eigenvalue weighted by Crippen LogP contribution is 2.26. The van der Waals surface area contributed by atoms with Gasteiger partial charge in [-0.05, 0) is 25.6 Å². The summed E-state index contributed by atoms with van der Waals surface area (Å²) >= 11 is 12.2. The van der Waals surface area contributed by atoms with E-state index >= 15 is 0 Å². The first-order valence-corrected chi connectivity index (χ1v) is 6.48. The fourth-order valence-electron chi connectivity index (χ4n) is 1.84. The van der Waals surface area contributed by atoms with Gasteiger partial charge in [-0.3, -0.25) is 4.68 Å². The molecule has 0 aliphatic heterocycles. The maximum Gasteiger partial charge on any atom is 0.0677 e. The van der Waals surface area contributed by atoms with Crippen molar-refractivity contribution in [2.24, 2.45) is 0 Å². The Morgan fingerprint density at radius 3 is 2.78 bits per heavy atom. The second kappa shape index (κ2) is 5.74. The van der Waals surface area contributed by atoms with E-state index < -0.39 is 0 Å². The number of hydrogen-bond acceptors (Lipinski definition) is 2. The minimum absolute atomic E-state index is 0.578. The topological polar surface area (TPSA) is 29.9 Å². The summed E-state index contributed by atoms with van der Waals surface area (Å²) in [5, 5.41) is 8.68. The van der Waals surface area contributed by atoms with E-state index in [9.17, 15) is 0 Å². The molecule has 1 aromatic carbocycles. The van der Waals surface area contributed by atoms with Crippen LogP contribution in [0.5, 0.6) is 0 Å².